The maximum atomic E-state index is 12.7. The van der Waals surface area contributed by atoms with E-state index in [1.54, 1.807) is 19.3 Å². The summed E-state index contributed by atoms with van der Waals surface area (Å²) < 4.78 is 6.13. The number of aryl methyl sites for hydroxylation is 3. The fourth-order valence-corrected chi connectivity index (χ4v) is 4.86. The normalized spacial score (nSPS) is 15.1. The van der Waals surface area contributed by atoms with Gasteiger partial charge in [0.2, 0.25) is 5.91 Å². The Labute approximate surface area is 193 Å². The number of carbonyl (C=O) groups is 3. The van der Waals surface area contributed by atoms with Crippen molar-refractivity contribution in [2.75, 3.05) is 19.0 Å². The van der Waals surface area contributed by atoms with E-state index in [1.807, 2.05) is 45.0 Å². The Balaban J connectivity index is 1.74. The Bertz CT molecular complexity index is 1060. The van der Waals surface area contributed by atoms with Crippen LogP contribution in [0.15, 0.2) is 35.2 Å². The lowest BCUT2D eigenvalue weighted by atomic mass is 10.1. The van der Waals surface area contributed by atoms with Crippen LogP contribution in [0.3, 0.4) is 0 Å². The van der Waals surface area contributed by atoms with E-state index in [0.29, 0.717) is 5.69 Å². The number of imide groups is 1. The van der Waals surface area contributed by atoms with E-state index in [-0.39, 0.29) is 11.4 Å². The fourth-order valence-electron chi connectivity index (χ4n) is 3.26. The third-order valence-corrected chi connectivity index (χ3v) is 6.34. The molecule has 6 nitrogen and oxygen atoms in total. The number of amides is 3. The van der Waals surface area contributed by atoms with Gasteiger partial charge < -0.3 is 10.1 Å². The third-order valence-electron chi connectivity index (χ3n) is 4.59. The maximum absolute atomic E-state index is 12.7. The van der Waals surface area contributed by atoms with E-state index in [2.05, 4.69) is 27.9 Å². The van der Waals surface area contributed by atoms with Crippen LogP contribution in [-0.2, 0) is 9.59 Å². The molecule has 2 aromatic carbocycles. The molecule has 0 spiro atoms. The summed E-state index contributed by atoms with van der Waals surface area (Å²) in [6.07, 6.45) is 1.65. The standard InChI is InChI=1S/C22H21IN2O4S/c1-12-7-13(2)20(14(3)8-12)24-19(26)11-25-21(27)18(30-22(25)28)10-15-5-6-17(29-4)16(23)9-15/h5-10H,11H2,1-4H3,(H,24,26)/b18-10-. The molecule has 2 aromatic rings. The minimum Gasteiger partial charge on any atom is -0.496 e. The third kappa shape index (κ3) is 4.86. The van der Waals surface area contributed by atoms with Crippen LogP contribution in [0.5, 0.6) is 5.75 Å². The van der Waals surface area contributed by atoms with Crippen LogP contribution in [-0.4, -0.2) is 35.6 Å². The van der Waals surface area contributed by atoms with E-state index >= 15 is 0 Å². The van der Waals surface area contributed by atoms with Crippen molar-refractivity contribution in [2.24, 2.45) is 0 Å². The fraction of sp³-hybridized carbons (Fsp3) is 0.227. The number of methoxy groups -OCH3 is 1. The highest BCUT2D eigenvalue weighted by molar-refractivity contribution is 14.1. The van der Waals surface area contributed by atoms with E-state index in [9.17, 15) is 14.4 Å². The molecule has 0 atom stereocenters. The van der Waals surface area contributed by atoms with Crippen molar-refractivity contribution < 1.29 is 19.1 Å². The van der Waals surface area contributed by atoms with Crippen molar-refractivity contribution in [3.63, 3.8) is 0 Å². The number of hydrogen-bond donors (Lipinski definition) is 1. The number of rotatable bonds is 5. The molecule has 1 aliphatic heterocycles. The molecule has 1 heterocycles. The number of benzene rings is 2. The average molecular weight is 536 g/mol. The number of hydrogen-bond acceptors (Lipinski definition) is 5. The zero-order chi connectivity index (χ0) is 22.0. The summed E-state index contributed by atoms with van der Waals surface area (Å²) in [7, 11) is 1.59. The molecule has 3 amide bonds. The van der Waals surface area contributed by atoms with Gasteiger partial charge in [-0.05, 0) is 90.0 Å². The zero-order valence-electron chi connectivity index (χ0n) is 17.0. The number of nitrogens with one attached hydrogen (secondary N) is 1. The van der Waals surface area contributed by atoms with E-state index < -0.39 is 17.1 Å². The largest absolute Gasteiger partial charge is 0.496 e. The molecule has 1 saturated heterocycles. The minimum atomic E-state index is -0.469. The van der Waals surface area contributed by atoms with Crippen LogP contribution < -0.4 is 10.1 Å². The first kappa shape index (κ1) is 22.4. The molecule has 0 bridgehead atoms. The molecule has 0 aliphatic carbocycles. The van der Waals surface area contributed by atoms with Crippen LogP contribution in [0.25, 0.3) is 6.08 Å². The van der Waals surface area contributed by atoms with Crippen LogP contribution in [0.2, 0.25) is 0 Å². The van der Waals surface area contributed by atoms with Gasteiger partial charge in [0.1, 0.15) is 12.3 Å². The number of halogens is 1. The minimum absolute atomic E-state index is 0.288. The lowest BCUT2D eigenvalue weighted by Crippen LogP contribution is -2.36. The first-order valence-corrected chi connectivity index (χ1v) is 11.1. The van der Waals surface area contributed by atoms with Gasteiger partial charge >= 0.3 is 0 Å². The highest BCUT2D eigenvalue weighted by Crippen LogP contribution is 2.33. The number of nitrogens with zero attached hydrogens (tertiary/aromatic N) is 1. The molecule has 0 unspecified atom stereocenters. The lowest BCUT2D eigenvalue weighted by molar-refractivity contribution is -0.127. The van der Waals surface area contributed by atoms with Crippen LogP contribution >= 0.6 is 34.4 Å². The van der Waals surface area contributed by atoms with Crippen molar-refractivity contribution in [2.45, 2.75) is 20.8 Å². The number of anilines is 1. The van der Waals surface area contributed by atoms with Gasteiger partial charge in [-0.1, -0.05) is 23.8 Å². The Morgan fingerprint density at radius 1 is 1.17 bits per heavy atom. The molecular weight excluding hydrogens is 515 g/mol. The summed E-state index contributed by atoms with van der Waals surface area (Å²) in [4.78, 5) is 38.8. The molecule has 156 valence electrons. The Hall–Kier alpha value is -2.33. The SMILES string of the molecule is COc1ccc(/C=C2\SC(=O)N(CC(=O)Nc3c(C)cc(C)cc3C)C2=O)cc1I. The highest BCUT2D eigenvalue weighted by atomic mass is 127. The smallest absolute Gasteiger partial charge is 0.294 e. The average Bonchev–Trinajstić information content (AvgIpc) is 2.92. The van der Waals surface area contributed by atoms with Crippen LogP contribution in [0, 0.1) is 24.3 Å². The van der Waals surface area contributed by atoms with Crippen LogP contribution in [0.4, 0.5) is 10.5 Å². The predicted octanol–water partition coefficient (Wildman–Crippen LogP) is 4.90. The summed E-state index contributed by atoms with van der Waals surface area (Å²) in [6, 6.07) is 9.43. The summed E-state index contributed by atoms with van der Waals surface area (Å²) in [6.45, 7) is 5.49. The molecule has 1 aliphatic rings. The molecule has 1 N–H and O–H groups in total. The van der Waals surface area contributed by atoms with E-state index in [4.69, 9.17) is 4.74 Å². The number of thioether (sulfide) groups is 1. The van der Waals surface area contributed by atoms with Gasteiger partial charge in [-0.3, -0.25) is 19.3 Å². The molecule has 8 heteroatoms. The Morgan fingerprint density at radius 3 is 2.43 bits per heavy atom. The van der Waals surface area contributed by atoms with Crippen molar-refractivity contribution in [1.82, 2.24) is 4.90 Å². The summed E-state index contributed by atoms with van der Waals surface area (Å²) in [5, 5.41) is 2.37. The second-order valence-corrected chi connectivity index (χ2v) is 9.14. The topological polar surface area (TPSA) is 75.7 Å². The van der Waals surface area contributed by atoms with Gasteiger partial charge in [0.15, 0.2) is 0 Å². The summed E-state index contributed by atoms with van der Waals surface area (Å²) in [5.74, 6) is -0.143. The Morgan fingerprint density at radius 2 is 1.83 bits per heavy atom. The molecule has 0 radical (unpaired) electrons. The highest BCUT2D eigenvalue weighted by Gasteiger charge is 2.36. The van der Waals surface area contributed by atoms with Crippen molar-refractivity contribution in [3.05, 3.63) is 61.1 Å². The monoisotopic (exact) mass is 536 g/mol. The first-order valence-electron chi connectivity index (χ1n) is 9.16. The second-order valence-electron chi connectivity index (χ2n) is 6.98. The molecule has 30 heavy (non-hydrogen) atoms. The molecule has 0 saturated carbocycles. The van der Waals surface area contributed by atoms with Gasteiger partial charge in [-0.25, -0.2) is 0 Å². The van der Waals surface area contributed by atoms with E-state index in [0.717, 1.165) is 48.2 Å². The van der Waals surface area contributed by atoms with Crippen LogP contribution in [0.1, 0.15) is 22.3 Å². The number of carbonyl (C=O) groups excluding carboxylic acids is 3. The van der Waals surface area contributed by atoms with E-state index in [1.165, 1.54) is 0 Å². The van der Waals surface area contributed by atoms with Gasteiger partial charge in [-0.2, -0.15) is 0 Å². The van der Waals surface area contributed by atoms with Crippen molar-refractivity contribution in [1.29, 1.82) is 0 Å². The first-order chi connectivity index (χ1) is 14.2. The van der Waals surface area contributed by atoms with Gasteiger partial charge in [-0.15, -0.1) is 0 Å². The zero-order valence-corrected chi connectivity index (χ0v) is 20.0. The Kier molecular flexibility index (Phi) is 6.87. The number of ether oxygens (including phenoxy) is 1. The molecule has 3 rings (SSSR count). The molecular formula is C22H21IN2O4S. The summed E-state index contributed by atoms with van der Waals surface area (Å²) in [5.41, 5.74) is 4.46. The molecule has 0 aromatic heterocycles. The van der Waals surface area contributed by atoms with Crippen molar-refractivity contribution >= 4 is 63.2 Å². The van der Waals surface area contributed by atoms with Gasteiger partial charge in [0.25, 0.3) is 11.1 Å². The molecule has 1 fully saturated rings. The maximum Gasteiger partial charge on any atom is 0.294 e. The predicted molar refractivity (Wildman–Crippen MR) is 128 cm³/mol. The summed E-state index contributed by atoms with van der Waals surface area (Å²) >= 11 is 2.98. The lowest BCUT2D eigenvalue weighted by Gasteiger charge is -2.15. The quantitative estimate of drug-likeness (QED) is 0.435. The van der Waals surface area contributed by atoms with Gasteiger partial charge in [0, 0.05) is 5.69 Å². The van der Waals surface area contributed by atoms with Gasteiger partial charge in [0.05, 0.1) is 15.6 Å². The van der Waals surface area contributed by atoms with Crippen molar-refractivity contribution in [3.8, 4) is 5.75 Å². The second kappa shape index (κ2) is 9.22.